The number of hydrogen-bond acceptors (Lipinski definition) is 2. The molecule has 1 unspecified atom stereocenters. The van der Waals surface area contributed by atoms with E-state index in [0.717, 1.165) is 35.1 Å². The minimum atomic E-state index is -0.00551. The van der Waals surface area contributed by atoms with Gasteiger partial charge in [-0.3, -0.25) is 4.79 Å². The predicted molar refractivity (Wildman–Crippen MR) is 93.2 cm³/mol. The van der Waals surface area contributed by atoms with Crippen LogP contribution in [0.1, 0.15) is 12.5 Å². The number of likely N-dealkylation sites (N-methyl/N-ethyl adjacent to an activating group) is 1. The summed E-state index contributed by atoms with van der Waals surface area (Å²) in [5, 5.41) is 3.64. The van der Waals surface area contributed by atoms with Crippen molar-refractivity contribution in [2.24, 2.45) is 0 Å². The highest BCUT2D eigenvalue weighted by atomic mass is 35.5. The van der Waals surface area contributed by atoms with Crippen LogP contribution in [0.3, 0.4) is 0 Å². The van der Waals surface area contributed by atoms with Crippen LogP contribution in [0.25, 0.3) is 0 Å². The molecule has 2 aromatic rings. The number of quaternary nitrogens is 1. The fraction of sp³-hybridized carbons (Fsp3) is 0.278. The molecule has 0 bridgehead atoms. The molecule has 2 aromatic carbocycles. The highest BCUT2D eigenvalue weighted by molar-refractivity contribution is 6.30. The summed E-state index contributed by atoms with van der Waals surface area (Å²) in [5.41, 5.74) is 1.90. The smallest absolute Gasteiger partial charge is 0.279 e. The van der Waals surface area contributed by atoms with E-state index in [4.69, 9.17) is 16.3 Å². The molecule has 5 heteroatoms. The van der Waals surface area contributed by atoms with Crippen LogP contribution in [0.5, 0.6) is 5.75 Å². The van der Waals surface area contributed by atoms with Gasteiger partial charge in [0.25, 0.3) is 5.91 Å². The molecule has 0 aliphatic carbocycles. The van der Waals surface area contributed by atoms with E-state index in [2.05, 4.69) is 12.2 Å². The van der Waals surface area contributed by atoms with Crippen LogP contribution in [0.2, 0.25) is 5.02 Å². The molecule has 0 aromatic heterocycles. The first kappa shape index (κ1) is 17.3. The Balaban J connectivity index is 1.91. The number of benzene rings is 2. The Morgan fingerprint density at radius 1 is 1.22 bits per heavy atom. The number of ether oxygens (including phenoxy) is 1. The monoisotopic (exact) mass is 333 g/mol. The van der Waals surface area contributed by atoms with Crippen LogP contribution in [0.4, 0.5) is 5.69 Å². The maximum Gasteiger partial charge on any atom is 0.279 e. The van der Waals surface area contributed by atoms with E-state index in [9.17, 15) is 4.79 Å². The Kier molecular flexibility index (Phi) is 6.44. The van der Waals surface area contributed by atoms with E-state index >= 15 is 0 Å². The standard InChI is InChI=1S/C18H21ClN2O2/c1-3-21(12-14-5-4-6-15(19)11-14)13-18(22)20-16-7-9-17(23-2)10-8-16/h4-11H,3,12-13H2,1-2H3,(H,20,22)/p+1. The van der Waals surface area contributed by atoms with Gasteiger partial charge >= 0.3 is 0 Å². The van der Waals surface area contributed by atoms with Gasteiger partial charge < -0.3 is 15.0 Å². The topological polar surface area (TPSA) is 42.8 Å². The van der Waals surface area contributed by atoms with E-state index in [1.165, 1.54) is 4.90 Å². The number of methoxy groups -OCH3 is 1. The molecule has 23 heavy (non-hydrogen) atoms. The van der Waals surface area contributed by atoms with Crippen molar-refractivity contribution < 1.29 is 14.4 Å². The Bertz CT molecular complexity index is 644. The first-order valence-electron chi connectivity index (χ1n) is 7.62. The van der Waals surface area contributed by atoms with Crippen LogP contribution in [-0.4, -0.2) is 26.1 Å². The van der Waals surface area contributed by atoms with E-state index in [-0.39, 0.29) is 5.91 Å². The zero-order valence-electron chi connectivity index (χ0n) is 13.4. The molecule has 0 aliphatic heterocycles. The number of nitrogens with one attached hydrogen (secondary N) is 2. The average molecular weight is 334 g/mol. The molecule has 0 fully saturated rings. The fourth-order valence-corrected chi connectivity index (χ4v) is 2.57. The molecular weight excluding hydrogens is 312 g/mol. The molecule has 1 amide bonds. The van der Waals surface area contributed by atoms with Gasteiger partial charge in [0.2, 0.25) is 0 Å². The lowest BCUT2D eigenvalue weighted by molar-refractivity contribution is -0.903. The second-order valence-electron chi connectivity index (χ2n) is 5.36. The molecule has 4 nitrogen and oxygen atoms in total. The van der Waals surface area contributed by atoms with E-state index in [1.54, 1.807) is 7.11 Å². The maximum atomic E-state index is 12.2. The van der Waals surface area contributed by atoms with Crippen LogP contribution >= 0.6 is 11.6 Å². The van der Waals surface area contributed by atoms with Crippen molar-refractivity contribution in [2.75, 3.05) is 25.5 Å². The number of amides is 1. The third-order valence-corrected chi connectivity index (χ3v) is 3.86. The average Bonchev–Trinajstić information content (AvgIpc) is 2.55. The molecule has 2 N–H and O–H groups in total. The molecule has 0 saturated carbocycles. The number of hydrogen-bond donors (Lipinski definition) is 2. The first-order valence-corrected chi connectivity index (χ1v) is 8.00. The molecule has 122 valence electrons. The molecule has 2 rings (SSSR count). The van der Waals surface area contributed by atoms with Gasteiger partial charge in [0.15, 0.2) is 6.54 Å². The first-order chi connectivity index (χ1) is 11.1. The largest absolute Gasteiger partial charge is 0.497 e. The van der Waals surface area contributed by atoms with Crippen molar-refractivity contribution in [1.82, 2.24) is 0 Å². The zero-order valence-corrected chi connectivity index (χ0v) is 14.2. The number of carbonyl (C=O) groups is 1. The van der Waals surface area contributed by atoms with Gasteiger partial charge in [-0.15, -0.1) is 0 Å². The molecule has 0 radical (unpaired) electrons. The molecule has 0 heterocycles. The summed E-state index contributed by atoms with van der Waals surface area (Å²) < 4.78 is 5.10. The summed E-state index contributed by atoms with van der Waals surface area (Å²) in [4.78, 5) is 13.4. The number of rotatable bonds is 7. The SMILES string of the molecule is CC[NH+](CC(=O)Nc1ccc(OC)cc1)Cc1cccc(Cl)c1. The quantitative estimate of drug-likeness (QED) is 0.817. The van der Waals surface area contributed by atoms with Gasteiger partial charge in [0, 0.05) is 16.3 Å². The summed E-state index contributed by atoms with van der Waals surface area (Å²) in [6.45, 7) is 4.12. The van der Waals surface area contributed by atoms with Crippen molar-refractivity contribution in [3.05, 3.63) is 59.1 Å². The van der Waals surface area contributed by atoms with E-state index in [0.29, 0.717) is 6.54 Å². The lowest BCUT2D eigenvalue weighted by Gasteiger charge is -2.17. The second-order valence-corrected chi connectivity index (χ2v) is 5.80. The summed E-state index contributed by atoms with van der Waals surface area (Å²) in [7, 11) is 1.62. The van der Waals surface area contributed by atoms with Crippen molar-refractivity contribution in [2.45, 2.75) is 13.5 Å². The van der Waals surface area contributed by atoms with Crippen molar-refractivity contribution in [3.8, 4) is 5.75 Å². The lowest BCUT2D eigenvalue weighted by Crippen LogP contribution is -3.11. The van der Waals surface area contributed by atoms with Crippen LogP contribution < -0.4 is 15.0 Å². The Labute approximate surface area is 142 Å². The normalized spacial score (nSPS) is 11.8. The molecule has 1 atom stereocenters. The summed E-state index contributed by atoms with van der Waals surface area (Å²) >= 11 is 6.01. The van der Waals surface area contributed by atoms with Crippen LogP contribution in [0, 0.1) is 0 Å². The number of anilines is 1. The molecular formula is C18H22ClN2O2+. The van der Waals surface area contributed by atoms with Crippen LogP contribution in [-0.2, 0) is 11.3 Å². The summed E-state index contributed by atoms with van der Waals surface area (Å²) in [6.07, 6.45) is 0. The molecule has 0 saturated heterocycles. The highest BCUT2D eigenvalue weighted by Gasteiger charge is 2.13. The number of halogens is 1. The van der Waals surface area contributed by atoms with Gasteiger partial charge in [0.1, 0.15) is 12.3 Å². The van der Waals surface area contributed by atoms with Crippen molar-refractivity contribution in [3.63, 3.8) is 0 Å². The lowest BCUT2D eigenvalue weighted by atomic mass is 10.2. The minimum absolute atomic E-state index is 0.00551. The van der Waals surface area contributed by atoms with Crippen molar-refractivity contribution >= 4 is 23.2 Å². The third kappa shape index (κ3) is 5.58. The van der Waals surface area contributed by atoms with E-state index < -0.39 is 0 Å². The van der Waals surface area contributed by atoms with Gasteiger partial charge in [-0.1, -0.05) is 23.7 Å². The summed E-state index contributed by atoms with van der Waals surface area (Å²) in [6, 6.07) is 15.1. The molecule has 0 spiro atoms. The van der Waals surface area contributed by atoms with Gasteiger partial charge in [-0.05, 0) is 43.3 Å². The second kappa shape index (κ2) is 8.56. The molecule has 0 aliphatic rings. The number of carbonyl (C=O) groups excluding carboxylic acids is 1. The minimum Gasteiger partial charge on any atom is -0.497 e. The predicted octanol–water partition coefficient (Wildman–Crippen LogP) is 2.39. The van der Waals surface area contributed by atoms with Gasteiger partial charge in [-0.2, -0.15) is 0 Å². The fourth-order valence-electron chi connectivity index (χ4n) is 2.35. The highest BCUT2D eigenvalue weighted by Crippen LogP contribution is 2.14. The Morgan fingerprint density at radius 3 is 2.57 bits per heavy atom. The third-order valence-electron chi connectivity index (χ3n) is 3.63. The Morgan fingerprint density at radius 2 is 1.96 bits per heavy atom. The van der Waals surface area contributed by atoms with E-state index in [1.807, 2.05) is 48.5 Å². The van der Waals surface area contributed by atoms with Gasteiger partial charge in [-0.25, -0.2) is 0 Å². The summed E-state index contributed by atoms with van der Waals surface area (Å²) in [5.74, 6) is 0.763. The Hall–Kier alpha value is -2.04. The maximum absolute atomic E-state index is 12.2. The van der Waals surface area contributed by atoms with Crippen LogP contribution in [0.15, 0.2) is 48.5 Å². The van der Waals surface area contributed by atoms with Gasteiger partial charge in [0.05, 0.1) is 13.7 Å². The zero-order chi connectivity index (χ0) is 16.7. The van der Waals surface area contributed by atoms with Crippen molar-refractivity contribution in [1.29, 1.82) is 0 Å².